The van der Waals surface area contributed by atoms with Gasteiger partial charge in [-0.3, -0.25) is 4.79 Å². The topological polar surface area (TPSA) is 109 Å². The van der Waals surface area contributed by atoms with E-state index in [0.29, 0.717) is 19.4 Å². The van der Waals surface area contributed by atoms with Crippen molar-refractivity contribution >= 4 is 32.8 Å². The third-order valence-electron chi connectivity index (χ3n) is 6.31. The van der Waals surface area contributed by atoms with E-state index >= 15 is 0 Å². The van der Waals surface area contributed by atoms with Gasteiger partial charge in [-0.25, -0.2) is 13.2 Å². The standard InChI is InChI=1S/C25H29N3O5S/c1-17-9-11-20(12-10-17)34(31,32)28-13-5-6-18(16-28)24(29)27-23(25(30)33-2)14-19-15-26-22-8-4-3-7-21(19)22/h3-4,7-12,15,18,23,26H,5-6,13-14,16H2,1-2H3,(H,27,29)/t18?,23-/m1/s1. The smallest absolute Gasteiger partial charge is 0.328 e. The van der Waals surface area contributed by atoms with Crippen molar-refractivity contribution in [2.24, 2.45) is 5.92 Å². The summed E-state index contributed by atoms with van der Waals surface area (Å²) in [6.07, 6.45) is 3.20. The second-order valence-corrected chi connectivity index (χ2v) is 10.6. The van der Waals surface area contributed by atoms with Gasteiger partial charge < -0.3 is 15.0 Å². The van der Waals surface area contributed by atoms with E-state index in [4.69, 9.17) is 4.74 Å². The highest BCUT2D eigenvalue weighted by Crippen LogP contribution is 2.25. The summed E-state index contributed by atoms with van der Waals surface area (Å²) >= 11 is 0. The van der Waals surface area contributed by atoms with Crippen molar-refractivity contribution in [2.45, 2.75) is 37.1 Å². The number of methoxy groups -OCH3 is 1. The van der Waals surface area contributed by atoms with Gasteiger partial charge in [-0.05, 0) is 43.5 Å². The van der Waals surface area contributed by atoms with Crippen LogP contribution in [0.1, 0.15) is 24.0 Å². The predicted octanol–water partition coefficient (Wildman–Crippen LogP) is 2.78. The number of aromatic amines is 1. The number of rotatable bonds is 7. The van der Waals surface area contributed by atoms with Crippen LogP contribution in [-0.4, -0.2) is 55.8 Å². The Morgan fingerprint density at radius 1 is 1.18 bits per heavy atom. The van der Waals surface area contributed by atoms with Gasteiger partial charge in [-0.1, -0.05) is 35.9 Å². The molecule has 1 amide bonds. The van der Waals surface area contributed by atoms with Crippen LogP contribution in [0, 0.1) is 12.8 Å². The number of benzene rings is 2. The Labute approximate surface area is 199 Å². The fourth-order valence-corrected chi connectivity index (χ4v) is 5.90. The Balaban J connectivity index is 1.48. The van der Waals surface area contributed by atoms with Crippen molar-refractivity contribution in [3.8, 4) is 0 Å². The first kappa shape index (κ1) is 24.0. The minimum absolute atomic E-state index is 0.0724. The zero-order valence-corrected chi connectivity index (χ0v) is 20.1. The molecular weight excluding hydrogens is 454 g/mol. The lowest BCUT2D eigenvalue weighted by molar-refractivity contribution is -0.145. The molecule has 2 aromatic carbocycles. The van der Waals surface area contributed by atoms with Gasteiger partial charge >= 0.3 is 5.97 Å². The number of ether oxygens (including phenoxy) is 1. The van der Waals surface area contributed by atoms with Crippen LogP contribution in [0.15, 0.2) is 59.6 Å². The minimum atomic E-state index is -3.70. The zero-order valence-electron chi connectivity index (χ0n) is 19.3. The summed E-state index contributed by atoms with van der Waals surface area (Å²) in [7, 11) is -2.42. The number of amides is 1. The highest BCUT2D eigenvalue weighted by molar-refractivity contribution is 7.89. The van der Waals surface area contributed by atoms with Gasteiger partial charge in [0.15, 0.2) is 0 Å². The number of nitrogens with zero attached hydrogens (tertiary/aromatic N) is 1. The number of aryl methyl sites for hydroxylation is 1. The fourth-order valence-electron chi connectivity index (χ4n) is 4.38. The summed E-state index contributed by atoms with van der Waals surface area (Å²) in [6, 6.07) is 13.5. The Kier molecular flexibility index (Phi) is 7.04. The van der Waals surface area contributed by atoms with Gasteiger partial charge in [0.25, 0.3) is 0 Å². The third-order valence-corrected chi connectivity index (χ3v) is 8.19. The van der Waals surface area contributed by atoms with Gasteiger partial charge in [0.1, 0.15) is 6.04 Å². The Morgan fingerprint density at radius 3 is 2.65 bits per heavy atom. The molecule has 9 heteroatoms. The van der Waals surface area contributed by atoms with Crippen LogP contribution in [0.3, 0.4) is 0 Å². The number of sulfonamides is 1. The number of nitrogens with one attached hydrogen (secondary N) is 2. The van der Waals surface area contributed by atoms with Crippen molar-refractivity contribution in [1.29, 1.82) is 0 Å². The number of aromatic nitrogens is 1. The molecule has 1 unspecified atom stereocenters. The molecule has 2 heterocycles. The molecule has 0 bridgehead atoms. The van der Waals surface area contributed by atoms with E-state index in [9.17, 15) is 18.0 Å². The number of carbonyl (C=O) groups excluding carboxylic acids is 2. The number of hydrogen-bond acceptors (Lipinski definition) is 5. The molecule has 0 saturated carbocycles. The average molecular weight is 484 g/mol. The molecule has 4 rings (SSSR count). The molecule has 34 heavy (non-hydrogen) atoms. The van der Waals surface area contributed by atoms with E-state index in [-0.39, 0.29) is 23.8 Å². The van der Waals surface area contributed by atoms with Gasteiger partial charge in [0, 0.05) is 36.6 Å². The number of piperidine rings is 1. The van der Waals surface area contributed by atoms with Gasteiger partial charge in [0.2, 0.25) is 15.9 Å². The molecule has 1 aliphatic rings. The minimum Gasteiger partial charge on any atom is -0.467 e. The van der Waals surface area contributed by atoms with Gasteiger partial charge in [0.05, 0.1) is 17.9 Å². The highest BCUT2D eigenvalue weighted by Gasteiger charge is 2.35. The summed E-state index contributed by atoms with van der Waals surface area (Å²) < 4.78 is 32.5. The number of esters is 1. The van der Waals surface area contributed by atoms with Crippen LogP contribution in [0.2, 0.25) is 0 Å². The third kappa shape index (κ3) is 5.00. The molecule has 0 spiro atoms. The summed E-state index contributed by atoms with van der Waals surface area (Å²) in [5.74, 6) is -1.44. The fraction of sp³-hybridized carbons (Fsp3) is 0.360. The second-order valence-electron chi connectivity index (χ2n) is 8.66. The lowest BCUT2D eigenvalue weighted by Crippen LogP contribution is -2.50. The molecule has 3 aromatic rings. The molecule has 8 nitrogen and oxygen atoms in total. The van der Waals surface area contributed by atoms with E-state index < -0.39 is 28.0 Å². The second kappa shape index (κ2) is 9.99. The maximum absolute atomic E-state index is 13.1. The Morgan fingerprint density at radius 2 is 1.91 bits per heavy atom. The normalized spacial score (nSPS) is 17.9. The first-order valence-corrected chi connectivity index (χ1v) is 12.7. The van der Waals surface area contributed by atoms with E-state index in [0.717, 1.165) is 22.0 Å². The van der Waals surface area contributed by atoms with Crippen LogP contribution < -0.4 is 5.32 Å². The van der Waals surface area contributed by atoms with Crippen LogP contribution in [0.25, 0.3) is 10.9 Å². The summed E-state index contributed by atoms with van der Waals surface area (Å²) in [5, 5.41) is 3.78. The largest absolute Gasteiger partial charge is 0.467 e. The lowest BCUT2D eigenvalue weighted by Gasteiger charge is -2.32. The molecule has 1 fully saturated rings. The Hall–Kier alpha value is -3.17. The molecule has 1 aliphatic heterocycles. The van der Waals surface area contributed by atoms with Crippen molar-refractivity contribution in [1.82, 2.24) is 14.6 Å². The number of para-hydroxylation sites is 1. The van der Waals surface area contributed by atoms with Crippen LogP contribution in [-0.2, 0) is 30.8 Å². The Bertz CT molecular complexity index is 1280. The molecule has 0 radical (unpaired) electrons. The van der Waals surface area contributed by atoms with E-state index in [1.807, 2.05) is 37.4 Å². The lowest BCUT2D eigenvalue weighted by atomic mass is 9.97. The van der Waals surface area contributed by atoms with Crippen LogP contribution in [0.4, 0.5) is 0 Å². The van der Waals surface area contributed by atoms with E-state index in [2.05, 4.69) is 10.3 Å². The van der Waals surface area contributed by atoms with Gasteiger partial charge in [-0.15, -0.1) is 0 Å². The molecule has 1 aromatic heterocycles. The maximum atomic E-state index is 13.1. The van der Waals surface area contributed by atoms with Gasteiger partial charge in [-0.2, -0.15) is 4.31 Å². The number of fused-ring (bicyclic) bond motifs is 1. The van der Waals surface area contributed by atoms with Crippen molar-refractivity contribution in [3.63, 3.8) is 0 Å². The highest BCUT2D eigenvalue weighted by atomic mass is 32.2. The van der Waals surface area contributed by atoms with Crippen molar-refractivity contribution in [3.05, 3.63) is 65.9 Å². The summed E-state index contributed by atoms with van der Waals surface area (Å²) in [5.41, 5.74) is 2.80. The number of carbonyl (C=O) groups is 2. The molecule has 2 atom stereocenters. The summed E-state index contributed by atoms with van der Waals surface area (Å²) in [4.78, 5) is 29.0. The molecular formula is C25H29N3O5S. The first-order chi connectivity index (χ1) is 16.3. The molecule has 2 N–H and O–H groups in total. The average Bonchev–Trinajstić information content (AvgIpc) is 3.26. The van der Waals surface area contributed by atoms with Crippen molar-refractivity contribution in [2.75, 3.05) is 20.2 Å². The monoisotopic (exact) mass is 483 g/mol. The van der Waals surface area contributed by atoms with E-state index in [1.165, 1.54) is 11.4 Å². The number of hydrogen-bond donors (Lipinski definition) is 2. The van der Waals surface area contributed by atoms with Crippen LogP contribution in [0.5, 0.6) is 0 Å². The number of H-pyrrole nitrogens is 1. The van der Waals surface area contributed by atoms with Crippen molar-refractivity contribution < 1.29 is 22.7 Å². The van der Waals surface area contributed by atoms with Crippen LogP contribution >= 0.6 is 0 Å². The quantitative estimate of drug-likeness (QED) is 0.503. The molecule has 1 saturated heterocycles. The maximum Gasteiger partial charge on any atom is 0.328 e. The SMILES string of the molecule is COC(=O)[C@@H](Cc1c[nH]c2ccccc12)NC(=O)C1CCCN(S(=O)(=O)c2ccc(C)cc2)C1. The van der Waals surface area contributed by atoms with E-state index in [1.54, 1.807) is 24.3 Å². The first-order valence-electron chi connectivity index (χ1n) is 11.3. The molecule has 0 aliphatic carbocycles. The zero-order chi connectivity index (χ0) is 24.3. The summed E-state index contributed by atoms with van der Waals surface area (Å²) in [6.45, 7) is 2.32. The molecule has 180 valence electrons. The predicted molar refractivity (Wildman–Crippen MR) is 129 cm³/mol.